The molecule has 4 heterocycles. The Morgan fingerprint density at radius 1 is 1.28 bits per heavy atom. The molecule has 5 atom stereocenters. The van der Waals surface area contributed by atoms with Crippen LogP contribution in [0.25, 0.3) is 10.9 Å². The van der Waals surface area contributed by atoms with Gasteiger partial charge in [0.05, 0.1) is 18.7 Å². The minimum absolute atomic E-state index is 0.0817. The Morgan fingerprint density at radius 3 is 2.84 bits per heavy atom. The van der Waals surface area contributed by atoms with Gasteiger partial charge in [-0.2, -0.15) is 0 Å². The summed E-state index contributed by atoms with van der Waals surface area (Å²) < 4.78 is 11.5. The summed E-state index contributed by atoms with van der Waals surface area (Å²) in [4.78, 5) is 7.19. The van der Waals surface area contributed by atoms with Crippen molar-refractivity contribution in [3.63, 3.8) is 0 Å². The quantitative estimate of drug-likeness (QED) is 0.822. The van der Waals surface area contributed by atoms with Crippen molar-refractivity contribution in [3.05, 3.63) is 36.0 Å². The molecule has 0 saturated carbocycles. The Bertz CT molecular complexity index is 748. The lowest BCUT2D eigenvalue weighted by molar-refractivity contribution is -0.0698. The third-order valence-corrected chi connectivity index (χ3v) is 6.35. The molecule has 5 rings (SSSR count). The summed E-state index contributed by atoms with van der Waals surface area (Å²) in [5.41, 5.74) is 2.24. The average molecular weight is 340 g/mol. The van der Waals surface area contributed by atoms with Crippen molar-refractivity contribution in [1.82, 2.24) is 9.88 Å². The molecule has 0 N–H and O–H groups in total. The van der Waals surface area contributed by atoms with Gasteiger partial charge in [0.1, 0.15) is 5.75 Å². The van der Waals surface area contributed by atoms with E-state index in [2.05, 4.69) is 28.9 Å². The van der Waals surface area contributed by atoms with Crippen molar-refractivity contribution in [2.45, 2.75) is 38.3 Å². The lowest BCUT2D eigenvalue weighted by Crippen LogP contribution is -2.55. The maximum atomic E-state index is 6.07. The van der Waals surface area contributed by atoms with Gasteiger partial charge in [-0.25, -0.2) is 0 Å². The maximum absolute atomic E-state index is 6.07. The third kappa shape index (κ3) is 2.91. The van der Waals surface area contributed by atoms with Crippen molar-refractivity contribution in [2.75, 3.05) is 27.3 Å². The van der Waals surface area contributed by atoms with E-state index in [0.717, 1.165) is 28.5 Å². The molecule has 1 aromatic heterocycles. The van der Waals surface area contributed by atoms with E-state index in [9.17, 15) is 0 Å². The predicted octanol–water partition coefficient (Wildman–Crippen LogP) is 4.05. The first-order valence-electron chi connectivity index (χ1n) is 9.44. The number of pyridine rings is 1. The highest BCUT2D eigenvalue weighted by Gasteiger charge is 2.43. The monoisotopic (exact) mass is 340 g/mol. The van der Waals surface area contributed by atoms with E-state index >= 15 is 0 Å². The van der Waals surface area contributed by atoms with Crippen LogP contribution in [-0.4, -0.2) is 43.2 Å². The smallest absolute Gasteiger partial charge is 0.119 e. The van der Waals surface area contributed by atoms with Crippen molar-refractivity contribution < 1.29 is 9.47 Å². The molecule has 0 aliphatic carbocycles. The molecule has 0 amide bonds. The molecule has 2 unspecified atom stereocenters. The lowest BCUT2D eigenvalue weighted by Gasteiger charge is -2.52. The molecule has 4 nitrogen and oxygen atoms in total. The molecule has 1 aromatic carbocycles. The van der Waals surface area contributed by atoms with Gasteiger partial charge in [-0.3, -0.25) is 9.88 Å². The highest BCUT2D eigenvalue weighted by Crippen LogP contribution is 2.43. The zero-order valence-corrected chi connectivity index (χ0v) is 15.4. The second-order valence-electron chi connectivity index (χ2n) is 7.45. The molecule has 0 spiro atoms. The SMILES string of the molecule is CC[C@H]1CN2CCC1C[C@@H]2[C@@H](OC)c1ccnc2ccc(OC)cc12. The second-order valence-corrected chi connectivity index (χ2v) is 7.45. The van der Waals surface area contributed by atoms with Crippen LogP contribution in [0.1, 0.15) is 37.9 Å². The zero-order valence-electron chi connectivity index (χ0n) is 15.4. The summed E-state index contributed by atoms with van der Waals surface area (Å²) in [6, 6.07) is 8.68. The Hall–Kier alpha value is -1.65. The number of hydrogen-bond acceptors (Lipinski definition) is 4. The first-order chi connectivity index (χ1) is 12.2. The van der Waals surface area contributed by atoms with Gasteiger partial charge in [-0.05, 0) is 61.1 Å². The van der Waals surface area contributed by atoms with Crippen molar-refractivity contribution >= 4 is 10.9 Å². The summed E-state index contributed by atoms with van der Waals surface area (Å²) in [5, 5.41) is 1.14. The number of methoxy groups -OCH3 is 2. The number of rotatable bonds is 5. The Kier molecular flexibility index (Phi) is 4.65. The summed E-state index contributed by atoms with van der Waals surface area (Å²) in [5.74, 6) is 2.57. The molecular weight excluding hydrogens is 312 g/mol. The van der Waals surface area contributed by atoms with Gasteiger partial charge in [0.15, 0.2) is 0 Å². The summed E-state index contributed by atoms with van der Waals surface area (Å²) in [6.45, 7) is 4.76. The first kappa shape index (κ1) is 16.8. The van der Waals surface area contributed by atoms with Crippen LogP contribution in [-0.2, 0) is 4.74 Å². The summed E-state index contributed by atoms with van der Waals surface area (Å²) >= 11 is 0. The van der Waals surface area contributed by atoms with E-state index in [1.54, 1.807) is 7.11 Å². The topological polar surface area (TPSA) is 34.6 Å². The fraction of sp³-hybridized carbons (Fsp3) is 0.571. The van der Waals surface area contributed by atoms with Crippen molar-refractivity contribution in [3.8, 4) is 5.75 Å². The number of ether oxygens (including phenoxy) is 2. The predicted molar refractivity (Wildman–Crippen MR) is 99.9 cm³/mol. The molecule has 134 valence electrons. The van der Waals surface area contributed by atoms with Gasteiger partial charge in [-0.15, -0.1) is 0 Å². The number of hydrogen-bond donors (Lipinski definition) is 0. The maximum Gasteiger partial charge on any atom is 0.119 e. The van der Waals surface area contributed by atoms with Crippen LogP contribution in [0.3, 0.4) is 0 Å². The van der Waals surface area contributed by atoms with Crippen LogP contribution in [0.4, 0.5) is 0 Å². The van der Waals surface area contributed by atoms with Gasteiger partial charge >= 0.3 is 0 Å². The Labute approximate surface area is 150 Å². The van der Waals surface area contributed by atoms with Crippen molar-refractivity contribution in [1.29, 1.82) is 0 Å². The summed E-state index contributed by atoms with van der Waals surface area (Å²) in [6.07, 6.45) is 5.86. The minimum Gasteiger partial charge on any atom is -0.497 e. The highest BCUT2D eigenvalue weighted by molar-refractivity contribution is 5.84. The molecule has 4 heteroatoms. The molecule has 3 aliphatic rings. The van der Waals surface area contributed by atoms with Crippen LogP contribution >= 0.6 is 0 Å². The summed E-state index contributed by atoms with van der Waals surface area (Å²) in [7, 11) is 3.56. The highest BCUT2D eigenvalue weighted by atomic mass is 16.5. The van der Waals surface area contributed by atoms with E-state index < -0.39 is 0 Å². The van der Waals surface area contributed by atoms with Crippen molar-refractivity contribution in [2.24, 2.45) is 11.8 Å². The lowest BCUT2D eigenvalue weighted by atomic mass is 9.72. The second kappa shape index (κ2) is 6.93. The molecule has 3 aliphatic heterocycles. The number of aromatic nitrogens is 1. The van der Waals surface area contributed by atoms with Gasteiger partial charge in [0.25, 0.3) is 0 Å². The first-order valence-corrected chi connectivity index (χ1v) is 9.44. The van der Waals surface area contributed by atoms with Crippen LogP contribution in [0.2, 0.25) is 0 Å². The van der Waals surface area contributed by atoms with Gasteiger partial charge < -0.3 is 9.47 Å². The van der Waals surface area contributed by atoms with Crippen LogP contribution in [0.5, 0.6) is 5.75 Å². The molecule has 0 radical (unpaired) electrons. The molecule has 2 bridgehead atoms. The molecular formula is C21H28N2O2. The zero-order chi connectivity index (χ0) is 17.4. The van der Waals surface area contributed by atoms with Gasteiger partial charge in [0.2, 0.25) is 0 Å². The number of piperidine rings is 3. The third-order valence-electron chi connectivity index (χ3n) is 6.35. The normalized spacial score (nSPS) is 29.7. The molecule has 25 heavy (non-hydrogen) atoms. The van der Waals surface area contributed by atoms with E-state index in [-0.39, 0.29) is 6.10 Å². The largest absolute Gasteiger partial charge is 0.497 e. The number of fused-ring (bicyclic) bond motifs is 4. The van der Waals surface area contributed by atoms with Crippen LogP contribution < -0.4 is 4.74 Å². The molecule has 2 aromatic rings. The Morgan fingerprint density at radius 2 is 2.16 bits per heavy atom. The minimum atomic E-state index is 0.0817. The van der Waals surface area contributed by atoms with E-state index in [0.29, 0.717) is 6.04 Å². The Balaban J connectivity index is 1.71. The van der Waals surface area contributed by atoms with Crippen LogP contribution in [0.15, 0.2) is 30.5 Å². The number of nitrogens with zero attached hydrogens (tertiary/aromatic N) is 2. The van der Waals surface area contributed by atoms with E-state index in [4.69, 9.17) is 9.47 Å². The van der Waals surface area contributed by atoms with Gasteiger partial charge in [0, 0.05) is 31.3 Å². The van der Waals surface area contributed by atoms with E-state index in [1.807, 2.05) is 25.4 Å². The molecule has 3 saturated heterocycles. The standard InChI is InChI=1S/C21H28N2O2/c1-4-14-13-23-10-8-15(14)11-20(23)21(25-3)17-7-9-22-19-6-5-16(24-2)12-18(17)19/h5-7,9,12,14-15,20-21H,4,8,10-11,13H2,1-3H3/t14-,15?,20+,21-/m0/s1. The molecule has 3 fully saturated rings. The van der Waals surface area contributed by atoms with E-state index in [1.165, 1.54) is 37.9 Å². The van der Waals surface area contributed by atoms with Gasteiger partial charge in [-0.1, -0.05) is 13.3 Å². The fourth-order valence-corrected chi connectivity index (χ4v) is 4.97. The average Bonchev–Trinajstić information content (AvgIpc) is 2.68. The van der Waals surface area contributed by atoms with Crippen LogP contribution in [0, 0.1) is 11.8 Å². The fourth-order valence-electron chi connectivity index (χ4n) is 4.97. The number of benzene rings is 1.